The van der Waals surface area contributed by atoms with Crippen molar-refractivity contribution >= 4 is 22.4 Å². The smallest absolute Gasteiger partial charge is 0.224 e. The number of aromatic nitrogens is 3. The normalized spacial score (nSPS) is 23.8. The van der Waals surface area contributed by atoms with Crippen molar-refractivity contribution in [3.63, 3.8) is 0 Å². The molecular formula is C17H23N5O2S. The monoisotopic (exact) mass is 361 g/mol. The molecule has 2 aromatic heterocycles. The van der Waals surface area contributed by atoms with Crippen molar-refractivity contribution in [1.29, 1.82) is 0 Å². The highest BCUT2D eigenvalue weighted by Gasteiger charge is 2.28. The average Bonchev–Trinajstić information content (AvgIpc) is 3.41. The van der Waals surface area contributed by atoms with Gasteiger partial charge in [-0.2, -0.15) is 0 Å². The van der Waals surface area contributed by atoms with E-state index < -0.39 is 0 Å². The van der Waals surface area contributed by atoms with Gasteiger partial charge in [0.1, 0.15) is 0 Å². The third kappa shape index (κ3) is 3.85. The minimum atomic E-state index is 0.00841. The number of hydrogen-bond acceptors (Lipinski definition) is 6. The summed E-state index contributed by atoms with van der Waals surface area (Å²) in [6.45, 7) is 3.08. The molecule has 0 aliphatic carbocycles. The third-order valence-corrected chi connectivity index (χ3v) is 5.82. The second-order valence-corrected chi connectivity index (χ2v) is 7.56. The quantitative estimate of drug-likeness (QED) is 0.880. The molecule has 8 heteroatoms. The zero-order valence-corrected chi connectivity index (χ0v) is 15.0. The van der Waals surface area contributed by atoms with Crippen LogP contribution >= 0.6 is 11.3 Å². The molecule has 134 valence electrons. The van der Waals surface area contributed by atoms with Gasteiger partial charge in [0.2, 0.25) is 16.2 Å². The summed E-state index contributed by atoms with van der Waals surface area (Å²) in [5.41, 5.74) is 0. The second-order valence-electron chi connectivity index (χ2n) is 6.62. The Morgan fingerprint density at radius 1 is 1.24 bits per heavy atom. The lowest BCUT2D eigenvalue weighted by Gasteiger charge is -2.31. The number of amides is 1. The Hall–Kier alpha value is -1.93. The molecule has 2 atom stereocenters. The maximum atomic E-state index is 12.5. The van der Waals surface area contributed by atoms with Crippen LogP contribution in [0.1, 0.15) is 25.7 Å². The van der Waals surface area contributed by atoms with Crippen LogP contribution in [0.25, 0.3) is 5.13 Å². The van der Waals surface area contributed by atoms with Gasteiger partial charge in [-0.3, -0.25) is 9.36 Å². The number of ether oxygens (including phenoxy) is 1. The molecule has 4 rings (SSSR count). The van der Waals surface area contributed by atoms with E-state index in [1.165, 1.54) is 0 Å². The van der Waals surface area contributed by atoms with Crippen LogP contribution in [0, 0.1) is 5.92 Å². The van der Waals surface area contributed by atoms with Gasteiger partial charge in [-0.1, -0.05) is 11.3 Å². The second kappa shape index (κ2) is 7.53. The Kier molecular flexibility index (Phi) is 4.98. The van der Waals surface area contributed by atoms with Gasteiger partial charge in [0.25, 0.3) is 0 Å². The van der Waals surface area contributed by atoms with Gasteiger partial charge in [0.05, 0.1) is 12.0 Å². The maximum absolute atomic E-state index is 12.5. The van der Waals surface area contributed by atoms with E-state index in [-0.39, 0.29) is 17.9 Å². The molecule has 0 unspecified atom stereocenters. The predicted octanol–water partition coefficient (Wildman–Crippen LogP) is 1.84. The summed E-state index contributed by atoms with van der Waals surface area (Å²) in [4.78, 5) is 14.7. The number of piperidine rings is 1. The minimum absolute atomic E-state index is 0.00841. The maximum Gasteiger partial charge on any atom is 0.224 e. The molecule has 1 amide bonds. The molecule has 2 aliphatic heterocycles. The summed E-state index contributed by atoms with van der Waals surface area (Å²) >= 11 is 1.56. The first-order valence-electron chi connectivity index (χ1n) is 8.91. The standard InChI is InChI=1S/C17H23N5O2S/c23-15(18-11-14-6-4-10-24-14)13-5-3-9-22(12-13)17-20-19-16(25-17)21-7-1-2-8-21/h1-2,7-8,13-14H,3-6,9-12H2,(H,18,23)/t13-,14+/m1/s1. The summed E-state index contributed by atoms with van der Waals surface area (Å²) in [6, 6.07) is 3.94. The van der Waals surface area contributed by atoms with Crippen LogP contribution in [-0.2, 0) is 9.53 Å². The van der Waals surface area contributed by atoms with Gasteiger partial charge in [-0.05, 0) is 37.8 Å². The van der Waals surface area contributed by atoms with E-state index >= 15 is 0 Å². The van der Waals surface area contributed by atoms with Gasteiger partial charge >= 0.3 is 0 Å². The number of nitrogens with one attached hydrogen (secondary N) is 1. The topological polar surface area (TPSA) is 72.3 Å². The lowest BCUT2D eigenvalue weighted by molar-refractivity contribution is -0.125. The first-order valence-corrected chi connectivity index (χ1v) is 9.72. The average molecular weight is 361 g/mol. The van der Waals surface area contributed by atoms with Crippen molar-refractivity contribution in [2.24, 2.45) is 5.92 Å². The molecule has 0 saturated carbocycles. The van der Waals surface area contributed by atoms with Crippen molar-refractivity contribution in [3.05, 3.63) is 24.5 Å². The highest BCUT2D eigenvalue weighted by atomic mass is 32.1. The van der Waals surface area contributed by atoms with Crippen LogP contribution in [0.3, 0.4) is 0 Å². The van der Waals surface area contributed by atoms with E-state index in [2.05, 4.69) is 20.4 Å². The van der Waals surface area contributed by atoms with E-state index in [1.807, 2.05) is 29.1 Å². The van der Waals surface area contributed by atoms with Crippen LogP contribution in [0.4, 0.5) is 5.13 Å². The molecule has 2 aliphatic rings. The molecule has 0 bridgehead atoms. The molecule has 1 N–H and O–H groups in total. The Balaban J connectivity index is 1.35. The van der Waals surface area contributed by atoms with Gasteiger partial charge in [-0.15, -0.1) is 10.2 Å². The number of hydrogen-bond donors (Lipinski definition) is 1. The molecular weight excluding hydrogens is 338 g/mol. The van der Waals surface area contributed by atoms with Crippen molar-refractivity contribution in [3.8, 4) is 5.13 Å². The molecule has 2 aromatic rings. The van der Waals surface area contributed by atoms with E-state index in [0.717, 1.165) is 49.1 Å². The Bertz CT molecular complexity index is 696. The van der Waals surface area contributed by atoms with Crippen molar-refractivity contribution in [2.75, 3.05) is 31.1 Å². The number of carbonyl (C=O) groups is 1. The molecule has 2 saturated heterocycles. The van der Waals surface area contributed by atoms with E-state index in [9.17, 15) is 4.79 Å². The number of rotatable bonds is 5. The molecule has 0 radical (unpaired) electrons. The molecule has 25 heavy (non-hydrogen) atoms. The number of carbonyl (C=O) groups excluding carboxylic acids is 1. The first-order chi connectivity index (χ1) is 12.3. The highest BCUT2D eigenvalue weighted by Crippen LogP contribution is 2.28. The van der Waals surface area contributed by atoms with Gasteiger partial charge in [0.15, 0.2) is 0 Å². The fraction of sp³-hybridized carbons (Fsp3) is 0.588. The molecule has 4 heterocycles. The van der Waals surface area contributed by atoms with E-state index in [1.54, 1.807) is 11.3 Å². The zero-order valence-electron chi connectivity index (χ0n) is 14.1. The van der Waals surface area contributed by atoms with E-state index in [4.69, 9.17) is 4.74 Å². The van der Waals surface area contributed by atoms with Crippen LogP contribution < -0.4 is 10.2 Å². The largest absolute Gasteiger partial charge is 0.376 e. The van der Waals surface area contributed by atoms with Crippen LogP contribution in [-0.4, -0.2) is 53.0 Å². The van der Waals surface area contributed by atoms with Crippen LogP contribution in [0.5, 0.6) is 0 Å². The fourth-order valence-corrected chi connectivity index (χ4v) is 4.28. The molecule has 2 fully saturated rings. The first kappa shape index (κ1) is 16.5. The fourth-order valence-electron chi connectivity index (χ4n) is 3.43. The Labute approximate surface area is 151 Å². The molecule has 0 aromatic carbocycles. The predicted molar refractivity (Wildman–Crippen MR) is 96.2 cm³/mol. The van der Waals surface area contributed by atoms with Crippen molar-refractivity contribution < 1.29 is 9.53 Å². The minimum Gasteiger partial charge on any atom is -0.376 e. The Morgan fingerprint density at radius 2 is 2.08 bits per heavy atom. The SMILES string of the molecule is O=C(NC[C@@H]1CCCO1)[C@@H]1CCCN(c2nnc(-n3cccc3)s2)C1. The van der Waals surface area contributed by atoms with Crippen molar-refractivity contribution in [2.45, 2.75) is 31.8 Å². The molecule has 7 nitrogen and oxygen atoms in total. The van der Waals surface area contributed by atoms with Crippen molar-refractivity contribution in [1.82, 2.24) is 20.1 Å². The van der Waals surface area contributed by atoms with Gasteiger partial charge in [0, 0.05) is 38.6 Å². The van der Waals surface area contributed by atoms with Crippen LogP contribution in [0.2, 0.25) is 0 Å². The third-order valence-electron chi connectivity index (χ3n) is 4.82. The van der Waals surface area contributed by atoms with Gasteiger partial charge in [-0.25, -0.2) is 0 Å². The van der Waals surface area contributed by atoms with E-state index in [0.29, 0.717) is 13.1 Å². The zero-order chi connectivity index (χ0) is 17.1. The summed E-state index contributed by atoms with van der Waals surface area (Å²) in [5.74, 6) is 0.143. The van der Waals surface area contributed by atoms with Crippen LogP contribution in [0.15, 0.2) is 24.5 Å². The lowest BCUT2D eigenvalue weighted by atomic mass is 9.97. The van der Waals surface area contributed by atoms with Gasteiger partial charge < -0.3 is 15.0 Å². The summed E-state index contributed by atoms with van der Waals surface area (Å²) in [7, 11) is 0. The summed E-state index contributed by atoms with van der Waals surface area (Å²) < 4.78 is 7.53. The highest BCUT2D eigenvalue weighted by molar-refractivity contribution is 7.17. The number of anilines is 1. The lowest BCUT2D eigenvalue weighted by Crippen LogP contribution is -2.44. The summed E-state index contributed by atoms with van der Waals surface area (Å²) in [6.07, 6.45) is 8.18. The summed E-state index contributed by atoms with van der Waals surface area (Å²) in [5, 5.41) is 13.4. The number of nitrogens with zero attached hydrogens (tertiary/aromatic N) is 4. The molecule has 0 spiro atoms. The Morgan fingerprint density at radius 3 is 2.88 bits per heavy atom.